The van der Waals surface area contributed by atoms with E-state index in [-0.39, 0.29) is 35.7 Å². The molecule has 2 aliphatic heterocycles. The number of carbonyl (C=O) groups is 4. The molecule has 6 rings (SSSR count). The summed E-state index contributed by atoms with van der Waals surface area (Å²) < 4.78 is 9.48. The van der Waals surface area contributed by atoms with E-state index >= 15 is 0 Å². The molecule has 2 aliphatic rings. The lowest BCUT2D eigenvalue weighted by Crippen LogP contribution is -2.51. The average molecular weight is 738 g/mol. The quantitative estimate of drug-likeness (QED) is 0.175. The smallest absolute Gasteiger partial charge is 0.407 e. The van der Waals surface area contributed by atoms with E-state index in [4.69, 9.17) is 14.5 Å². The molecule has 2 saturated heterocycles. The third kappa shape index (κ3) is 8.17. The minimum atomic E-state index is -0.705. The highest BCUT2D eigenvalue weighted by atomic mass is 16.5. The number of hydrogen-bond acceptors (Lipinski definition) is 9. The summed E-state index contributed by atoms with van der Waals surface area (Å²) in [5.41, 5.74) is 4.61. The van der Waals surface area contributed by atoms with Crippen molar-refractivity contribution in [3.8, 4) is 23.1 Å². The average Bonchev–Trinajstić information content (AvgIpc) is 4.00. The summed E-state index contributed by atoms with van der Waals surface area (Å²) in [5, 5.41) is 5.36. The number of imidazole rings is 2. The van der Waals surface area contributed by atoms with Crippen LogP contribution in [-0.4, -0.2) is 98.1 Å². The van der Waals surface area contributed by atoms with E-state index in [0.717, 1.165) is 53.5 Å². The van der Waals surface area contributed by atoms with Gasteiger partial charge in [-0.2, -0.15) is 0 Å². The molecule has 3 aromatic heterocycles. The van der Waals surface area contributed by atoms with E-state index in [1.54, 1.807) is 22.2 Å². The van der Waals surface area contributed by atoms with Gasteiger partial charge in [0, 0.05) is 30.4 Å². The minimum absolute atomic E-state index is 0.117. The number of fused-ring (bicyclic) bond motifs is 1. The van der Waals surface area contributed by atoms with Gasteiger partial charge in [-0.3, -0.25) is 14.6 Å². The minimum Gasteiger partial charge on any atom is -0.453 e. The maximum Gasteiger partial charge on any atom is 0.407 e. The Bertz CT molecular complexity index is 2060. The maximum atomic E-state index is 13.6. The lowest BCUT2D eigenvalue weighted by atomic mass is 10.0. The molecule has 15 nitrogen and oxygen atoms in total. The number of ether oxygens (including phenoxy) is 2. The Balaban J connectivity index is 1.12. The Morgan fingerprint density at radius 2 is 1.39 bits per heavy atom. The summed E-state index contributed by atoms with van der Waals surface area (Å²) in [7, 11) is 2.56. The fourth-order valence-corrected chi connectivity index (χ4v) is 7.08. The largest absolute Gasteiger partial charge is 0.453 e. The van der Waals surface area contributed by atoms with Crippen molar-refractivity contribution in [3.63, 3.8) is 0 Å². The molecular formula is C39H47N9O6. The van der Waals surface area contributed by atoms with Crippen molar-refractivity contribution in [2.24, 2.45) is 11.8 Å². The predicted molar refractivity (Wildman–Crippen MR) is 200 cm³/mol. The summed E-state index contributed by atoms with van der Waals surface area (Å²) in [5.74, 6) is 7.06. The third-order valence-corrected chi connectivity index (χ3v) is 9.98. The SMILES string of the molecule is COC(=O)NC(C(=O)N1CCCC1c1ncc(C#Cc2ccc(-c3ccc4nc(C5CCCN5C(=O)C(NC(=O)OC)C(C)C)[nH]c4c3)nc2)[nH]1)C(C)C. The molecule has 5 heterocycles. The number of methoxy groups -OCH3 is 2. The van der Waals surface area contributed by atoms with Crippen LogP contribution in [0.4, 0.5) is 9.59 Å². The van der Waals surface area contributed by atoms with Crippen LogP contribution in [0.2, 0.25) is 0 Å². The number of benzene rings is 1. The zero-order valence-electron chi connectivity index (χ0n) is 31.4. The zero-order chi connectivity index (χ0) is 38.5. The van der Waals surface area contributed by atoms with Gasteiger partial charge < -0.3 is 39.9 Å². The molecule has 0 saturated carbocycles. The Morgan fingerprint density at radius 1 is 0.778 bits per heavy atom. The number of amides is 4. The maximum absolute atomic E-state index is 13.6. The van der Waals surface area contributed by atoms with Gasteiger partial charge in [-0.25, -0.2) is 19.6 Å². The molecule has 4 aromatic rings. The zero-order valence-corrected chi connectivity index (χ0v) is 31.4. The number of likely N-dealkylation sites (tertiary alicyclic amines) is 2. The van der Waals surface area contributed by atoms with Gasteiger partial charge in [0.2, 0.25) is 11.8 Å². The first-order valence-corrected chi connectivity index (χ1v) is 18.3. The van der Waals surface area contributed by atoms with E-state index in [1.807, 2.05) is 58.0 Å². The lowest BCUT2D eigenvalue weighted by Gasteiger charge is -2.29. The Kier molecular flexibility index (Phi) is 11.5. The van der Waals surface area contributed by atoms with Crippen LogP contribution in [0.1, 0.15) is 88.4 Å². The van der Waals surface area contributed by atoms with Crippen LogP contribution in [0.25, 0.3) is 22.3 Å². The summed E-state index contributed by atoms with van der Waals surface area (Å²) in [6.45, 7) is 8.70. The number of aromatic nitrogens is 5. The Morgan fingerprint density at radius 3 is 1.94 bits per heavy atom. The monoisotopic (exact) mass is 737 g/mol. The van der Waals surface area contributed by atoms with Crippen LogP contribution in [-0.2, 0) is 19.1 Å². The first kappa shape index (κ1) is 37.8. The molecule has 54 heavy (non-hydrogen) atoms. The number of nitrogens with one attached hydrogen (secondary N) is 4. The van der Waals surface area contributed by atoms with Crippen molar-refractivity contribution in [3.05, 3.63) is 65.6 Å². The summed E-state index contributed by atoms with van der Waals surface area (Å²) in [4.78, 5) is 75.1. The molecule has 15 heteroatoms. The van der Waals surface area contributed by atoms with Gasteiger partial charge in [-0.1, -0.05) is 39.7 Å². The molecule has 2 fully saturated rings. The second-order valence-electron chi connectivity index (χ2n) is 14.3. The first-order valence-electron chi connectivity index (χ1n) is 18.3. The Hall–Kier alpha value is -5.91. The second-order valence-corrected chi connectivity index (χ2v) is 14.3. The molecule has 284 valence electrons. The van der Waals surface area contributed by atoms with Crippen molar-refractivity contribution in [1.82, 2.24) is 45.4 Å². The van der Waals surface area contributed by atoms with Gasteiger partial charge in [-0.15, -0.1) is 0 Å². The number of rotatable bonds is 9. The van der Waals surface area contributed by atoms with Crippen molar-refractivity contribution < 1.29 is 28.7 Å². The molecule has 0 spiro atoms. The number of pyridine rings is 1. The summed E-state index contributed by atoms with van der Waals surface area (Å²) in [6, 6.07) is 7.82. The van der Waals surface area contributed by atoms with Crippen LogP contribution in [0.5, 0.6) is 0 Å². The topological polar surface area (TPSA) is 188 Å². The van der Waals surface area contributed by atoms with Crippen molar-refractivity contribution in [1.29, 1.82) is 0 Å². The fourth-order valence-electron chi connectivity index (χ4n) is 7.08. The van der Waals surface area contributed by atoms with Gasteiger partial charge in [0.15, 0.2) is 0 Å². The number of alkyl carbamates (subject to hydrolysis) is 2. The highest BCUT2D eigenvalue weighted by molar-refractivity contribution is 5.87. The van der Waals surface area contributed by atoms with Gasteiger partial charge >= 0.3 is 12.2 Å². The summed E-state index contributed by atoms with van der Waals surface area (Å²) in [6.07, 6.45) is 5.27. The number of carbonyl (C=O) groups excluding carboxylic acids is 4. The van der Waals surface area contributed by atoms with Gasteiger partial charge in [0.25, 0.3) is 0 Å². The van der Waals surface area contributed by atoms with Crippen molar-refractivity contribution in [2.45, 2.75) is 77.5 Å². The van der Waals surface area contributed by atoms with Gasteiger partial charge in [0.1, 0.15) is 29.4 Å². The number of H-pyrrole nitrogens is 2. The first-order chi connectivity index (χ1) is 26.0. The van der Waals surface area contributed by atoms with Crippen LogP contribution in [0, 0.1) is 23.7 Å². The standard InChI is InChI=1S/C39H47N9O6/c1-22(2)32(45-38(51)53-5)36(49)47-17-7-9-30(47)34-41-21-26(42-34)14-11-24-12-15-27(40-20-24)25-13-16-28-29(19-25)44-35(43-28)31-10-8-18-48(31)37(50)33(23(3)4)46-39(52)54-6/h12-13,15-16,19-23,30-33H,7-10,17-18H2,1-6H3,(H,41,42)(H,43,44)(H,45,51)(H,46,52). The van der Waals surface area contributed by atoms with Crippen molar-refractivity contribution >= 4 is 35.0 Å². The van der Waals surface area contributed by atoms with E-state index in [0.29, 0.717) is 30.4 Å². The van der Waals surface area contributed by atoms with E-state index in [2.05, 4.69) is 42.4 Å². The highest BCUT2D eigenvalue weighted by Crippen LogP contribution is 2.34. The summed E-state index contributed by atoms with van der Waals surface area (Å²) >= 11 is 0. The Labute approximate surface area is 314 Å². The molecule has 0 radical (unpaired) electrons. The number of aromatic amines is 2. The molecule has 0 aliphatic carbocycles. The van der Waals surface area contributed by atoms with Crippen LogP contribution in [0.15, 0.2) is 42.7 Å². The van der Waals surface area contributed by atoms with Gasteiger partial charge in [-0.05, 0) is 67.7 Å². The normalized spacial score (nSPS) is 18.0. The van der Waals surface area contributed by atoms with E-state index < -0.39 is 24.3 Å². The van der Waals surface area contributed by atoms with Crippen LogP contribution < -0.4 is 10.6 Å². The predicted octanol–water partition coefficient (Wildman–Crippen LogP) is 4.84. The van der Waals surface area contributed by atoms with Crippen LogP contribution >= 0.6 is 0 Å². The molecular weight excluding hydrogens is 690 g/mol. The molecule has 4 N–H and O–H groups in total. The fraction of sp³-hybridized carbons (Fsp3) is 0.462. The van der Waals surface area contributed by atoms with Crippen LogP contribution in [0.3, 0.4) is 0 Å². The molecule has 0 bridgehead atoms. The van der Waals surface area contributed by atoms with Crippen molar-refractivity contribution in [2.75, 3.05) is 27.3 Å². The number of hydrogen-bond donors (Lipinski definition) is 4. The molecule has 4 unspecified atom stereocenters. The highest BCUT2D eigenvalue weighted by Gasteiger charge is 2.39. The molecule has 1 aromatic carbocycles. The second kappa shape index (κ2) is 16.4. The third-order valence-electron chi connectivity index (χ3n) is 9.98. The number of nitrogens with zero attached hydrogens (tertiary/aromatic N) is 5. The molecule has 4 atom stereocenters. The molecule has 4 amide bonds. The van der Waals surface area contributed by atoms with E-state index in [1.165, 1.54) is 14.2 Å². The van der Waals surface area contributed by atoms with E-state index in [9.17, 15) is 19.2 Å². The lowest BCUT2D eigenvalue weighted by molar-refractivity contribution is -0.136. The van der Waals surface area contributed by atoms with Gasteiger partial charge in [0.05, 0.1) is 49.2 Å².